The first-order chi connectivity index (χ1) is 8.70. The van der Waals surface area contributed by atoms with Gasteiger partial charge in [0, 0.05) is 11.6 Å². The van der Waals surface area contributed by atoms with Gasteiger partial charge in [-0.15, -0.1) is 0 Å². The van der Waals surface area contributed by atoms with Crippen molar-refractivity contribution >= 4 is 5.78 Å². The minimum atomic E-state index is -0.0241. The normalized spacial score (nSPS) is 10.1. The Labute approximate surface area is 104 Å². The molecule has 0 aliphatic carbocycles. The summed E-state index contributed by atoms with van der Waals surface area (Å²) < 4.78 is 15.4. The molecule has 0 N–H and O–H groups in total. The summed E-state index contributed by atoms with van der Waals surface area (Å²) in [6, 6.07) is 6.77. The molecule has 5 heteroatoms. The maximum absolute atomic E-state index is 11.3. The van der Waals surface area contributed by atoms with E-state index in [1.54, 1.807) is 31.4 Å². The van der Waals surface area contributed by atoms with Crippen molar-refractivity contribution in [3.8, 4) is 11.5 Å². The van der Waals surface area contributed by atoms with Crippen LogP contribution in [0.3, 0.4) is 0 Å². The number of methoxy groups -OCH3 is 1. The highest BCUT2D eigenvalue weighted by molar-refractivity contribution is 5.94. The van der Waals surface area contributed by atoms with Crippen molar-refractivity contribution in [1.29, 1.82) is 0 Å². The van der Waals surface area contributed by atoms with Gasteiger partial charge in [-0.2, -0.15) is 0 Å². The minimum absolute atomic E-state index is 0.0241. The van der Waals surface area contributed by atoms with Crippen LogP contribution in [-0.2, 0) is 6.61 Å². The zero-order valence-electron chi connectivity index (χ0n) is 10.2. The summed E-state index contributed by atoms with van der Waals surface area (Å²) >= 11 is 0. The number of aromatic nitrogens is 1. The van der Waals surface area contributed by atoms with E-state index in [1.807, 2.05) is 0 Å². The van der Waals surface area contributed by atoms with Crippen molar-refractivity contribution in [1.82, 2.24) is 5.16 Å². The fourth-order valence-electron chi connectivity index (χ4n) is 1.47. The fourth-order valence-corrected chi connectivity index (χ4v) is 1.47. The standard InChI is InChI=1S/C13H13NO4/c1-9(15)10-3-4-12(16-2)13(7-10)17-8-11-5-6-18-14-11/h3-7H,8H2,1-2H3. The maximum Gasteiger partial charge on any atom is 0.162 e. The average Bonchev–Trinajstić information content (AvgIpc) is 2.89. The highest BCUT2D eigenvalue weighted by Crippen LogP contribution is 2.28. The summed E-state index contributed by atoms with van der Waals surface area (Å²) in [6.45, 7) is 1.76. The van der Waals surface area contributed by atoms with Gasteiger partial charge in [-0.05, 0) is 25.1 Å². The third-order valence-electron chi connectivity index (χ3n) is 2.44. The van der Waals surface area contributed by atoms with Gasteiger partial charge in [-0.3, -0.25) is 4.79 Å². The Hall–Kier alpha value is -2.30. The van der Waals surface area contributed by atoms with Crippen LogP contribution >= 0.6 is 0 Å². The first-order valence-corrected chi connectivity index (χ1v) is 5.41. The van der Waals surface area contributed by atoms with Crippen LogP contribution in [0.15, 0.2) is 35.1 Å². The second kappa shape index (κ2) is 5.35. The summed E-state index contributed by atoms with van der Waals surface area (Å²) in [5.74, 6) is 1.06. The first-order valence-electron chi connectivity index (χ1n) is 5.41. The smallest absolute Gasteiger partial charge is 0.162 e. The van der Waals surface area contributed by atoms with E-state index in [2.05, 4.69) is 5.16 Å². The number of Topliss-reactive ketones (excluding diaryl/α,β-unsaturated/α-hetero) is 1. The van der Waals surface area contributed by atoms with E-state index in [4.69, 9.17) is 14.0 Å². The number of hydrogen-bond acceptors (Lipinski definition) is 5. The lowest BCUT2D eigenvalue weighted by Gasteiger charge is -2.10. The van der Waals surface area contributed by atoms with Gasteiger partial charge in [0.15, 0.2) is 17.3 Å². The van der Waals surface area contributed by atoms with Gasteiger partial charge in [-0.1, -0.05) is 5.16 Å². The van der Waals surface area contributed by atoms with E-state index in [1.165, 1.54) is 13.2 Å². The molecule has 1 aromatic carbocycles. The minimum Gasteiger partial charge on any atom is -0.493 e. The lowest BCUT2D eigenvalue weighted by atomic mass is 10.1. The zero-order valence-corrected chi connectivity index (χ0v) is 10.2. The van der Waals surface area contributed by atoms with E-state index in [0.717, 1.165) is 0 Å². The van der Waals surface area contributed by atoms with E-state index in [0.29, 0.717) is 22.8 Å². The largest absolute Gasteiger partial charge is 0.493 e. The molecule has 2 aromatic rings. The summed E-state index contributed by atoms with van der Waals surface area (Å²) in [5, 5.41) is 3.74. The van der Waals surface area contributed by atoms with Crippen LogP contribution in [0.2, 0.25) is 0 Å². The number of hydrogen-bond donors (Lipinski definition) is 0. The molecule has 18 heavy (non-hydrogen) atoms. The Balaban J connectivity index is 2.18. The van der Waals surface area contributed by atoms with Crippen LogP contribution in [0.25, 0.3) is 0 Å². The highest BCUT2D eigenvalue weighted by Gasteiger charge is 2.09. The van der Waals surface area contributed by atoms with Gasteiger partial charge in [0.2, 0.25) is 0 Å². The van der Waals surface area contributed by atoms with Crippen molar-refractivity contribution in [3.05, 3.63) is 41.8 Å². The predicted molar refractivity (Wildman–Crippen MR) is 63.8 cm³/mol. The first kappa shape index (κ1) is 12.2. The van der Waals surface area contributed by atoms with Crippen LogP contribution in [0.1, 0.15) is 23.0 Å². The highest BCUT2D eigenvalue weighted by atomic mass is 16.5. The van der Waals surface area contributed by atoms with E-state index >= 15 is 0 Å². The molecule has 0 spiro atoms. The second-order valence-electron chi connectivity index (χ2n) is 3.70. The summed E-state index contributed by atoms with van der Waals surface area (Å²) in [4.78, 5) is 11.3. The summed E-state index contributed by atoms with van der Waals surface area (Å²) in [5.41, 5.74) is 1.25. The third kappa shape index (κ3) is 2.68. The van der Waals surface area contributed by atoms with Crippen molar-refractivity contribution in [2.24, 2.45) is 0 Å². The molecule has 0 aliphatic rings. The van der Waals surface area contributed by atoms with Crippen LogP contribution in [-0.4, -0.2) is 18.0 Å². The number of rotatable bonds is 5. The van der Waals surface area contributed by atoms with E-state index in [-0.39, 0.29) is 12.4 Å². The van der Waals surface area contributed by atoms with Crippen LogP contribution in [0.4, 0.5) is 0 Å². The molecular weight excluding hydrogens is 234 g/mol. The third-order valence-corrected chi connectivity index (χ3v) is 2.44. The molecule has 0 radical (unpaired) electrons. The molecule has 0 fully saturated rings. The maximum atomic E-state index is 11.3. The molecule has 0 saturated heterocycles. The van der Waals surface area contributed by atoms with Gasteiger partial charge < -0.3 is 14.0 Å². The molecule has 0 bridgehead atoms. The molecule has 5 nitrogen and oxygen atoms in total. The van der Waals surface area contributed by atoms with Crippen molar-refractivity contribution < 1.29 is 18.8 Å². The SMILES string of the molecule is COc1ccc(C(C)=O)cc1OCc1ccon1. The molecule has 0 aliphatic heterocycles. The Morgan fingerprint density at radius 2 is 2.17 bits per heavy atom. The predicted octanol–water partition coefficient (Wildman–Crippen LogP) is 2.46. The summed E-state index contributed by atoms with van der Waals surface area (Å²) in [6.07, 6.45) is 1.47. The number of carbonyl (C=O) groups excluding carboxylic acids is 1. The molecule has 94 valence electrons. The number of carbonyl (C=O) groups is 1. The molecule has 1 aromatic heterocycles. The monoisotopic (exact) mass is 247 g/mol. The molecule has 0 saturated carbocycles. The van der Waals surface area contributed by atoms with Gasteiger partial charge in [0.05, 0.1) is 7.11 Å². The van der Waals surface area contributed by atoms with Gasteiger partial charge >= 0.3 is 0 Å². The molecule has 0 unspecified atom stereocenters. The number of ether oxygens (including phenoxy) is 2. The van der Waals surface area contributed by atoms with Crippen molar-refractivity contribution in [2.75, 3.05) is 7.11 Å². The lowest BCUT2D eigenvalue weighted by Crippen LogP contribution is -2.00. The van der Waals surface area contributed by atoms with Gasteiger partial charge in [0.1, 0.15) is 18.6 Å². The van der Waals surface area contributed by atoms with Crippen LogP contribution in [0, 0.1) is 0 Å². The van der Waals surface area contributed by atoms with Gasteiger partial charge in [0.25, 0.3) is 0 Å². The van der Waals surface area contributed by atoms with Crippen LogP contribution < -0.4 is 9.47 Å². The quantitative estimate of drug-likeness (QED) is 0.759. The zero-order chi connectivity index (χ0) is 13.0. The Morgan fingerprint density at radius 1 is 1.33 bits per heavy atom. The number of nitrogens with zero attached hydrogens (tertiary/aromatic N) is 1. The second-order valence-corrected chi connectivity index (χ2v) is 3.70. The molecular formula is C13H13NO4. The number of ketones is 1. The molecule has 0 atom stereocenters. The molecule has 1 heterocycles. The Morgan fingerprint density at radius 3 is 2.78 bits per heavy atom. The Bertz CT molecular complexity index is 534. The molecule has 2 rings (SSSR count). The topological polar surface area (TPSA) is 61.6 Å². The fraction of sp³-hybridized carbons (Fsp3) is 0.231. The van der Waals surface area contributed by atoms with Gasteiger partial charge in [-0.25, -0.2) is 0 Å². The van der Waals surface area contributed by atoms with Crippen LogP contribution in [0.5, 0.6) is 11.5 Å². The van der Waals surface area contributed by atoms with Crippen molar-refractivity contribution in [2.45, 2.75) is 13.5 Å². The number of benzene rings is 1. The summed E-state index contributed by atoms with van der Waals surface area (Å²) in [7, 11) is 1.55. The lowest BCUT2D eigenvalue weighted by molar-refractivity contribution is 0.101. The van der Waals surface area contributed by atoms with Crippen molar-refractivity contribution in [3.63, 3.8) is 0 Å². The Kier molecular flexibility index (Phi) is 3.62. The average molecular weight is 247 g/mol. The molecule has 0 amide bonds. The van der Waals surface area contributed by atoms with E-state index in [9.17, 15) is 4.79 Å². The van der Waals surface area contributed by atoms with E-state index < -0.39 is 0 Å².